The molecular weight excluding hydrogens is 370 g/mol. The first-order valence-corrected chi connectivity index (χ1v) is 10.0. The summed E-state index contributed by atoms with van der Waals surface area (Å²) >= 11 is 1.26. The number of aromatic amines is 1. The van der Waals surface area contributed by atoms with Crippen LogP contribution in [0.5, 0.6) is 0 Å². The zero-order chi connectivity index (χ0) is 19.7. The maximum Gasteiger partial charge on any atom is 0.234 e. The van der Waals surface area contributed by atoms with Crippen LogP contribution in [0.4, 0.5) is 5.69 Å². The number of amides is 1. The number of rotatable bonds is 4. The Morgan fingerprint density at radius 3 is 2.57 bits per heavy atom. The summed E-state index contributed by atoms with van der Waals surface area (Å²) in [5.41, 5.74) is 4.48. The monoisotopic (exact) mass is 391 g/mol. The van der Waals surface area contributed by atoms with Crippen molar-refractivity contribution in [3.63, 3.8) is 0 Å². The van der Waals surface area contributed by atoms with Gasteiger partial charge in [-0.2, -0.15) is 0 Å². The van der Waals surface area contributed by atoms with E-state index in [4.69, 9.17) is 0 Å². The normalized spacial score (nSPS) is 11.8. The lowest BCUT2D eigenvalue weighted by Crippen LogP contribution is -2.15. The Morgan fingerprint density at radius 2 is 1.82 bits per heavy atom. The molecule has 4 aromatic rings. The summed E-state index contributed by atoms with van der Waals surface area (Å²) < 4.78 is 0. The zero-order valence-electron chi connectivity index (χ0n) is 16.0. The predicted octanol–water partition coefficient (Wildman–Crippen LogP) is 4.53. The quantitative estimate of drug-likeness (QED) is 0.499. The number of hydrogen-bond acceptors (Lipinski definition) is 5. The van der Waals surface area contributed by atoms with Crippen LogP contribution < -0.4 is 5.32 Å². The second kappa shape index (κ2) is 7.24. The van der Waals surface area contributed by atoms with Crippen LogP contribution in [0.3, 0.4) is 0 Å². The molecule has 4 rings (SSSR count). The van der Waals surface area contributed by atoms with E-state index in [1.165, 1.54) is 17.3 Å². The van der Waals surface area contributed by atoms with Crippen LogP contribution >= 0.6 is 11.8 Å². The van der Waals surface area contributed by atoms with E-state index in [0.29, 0.717) is 10.8 Å². The third-order valence-corrected chi connectivity index (χ3v) is 5.31. The molecule has 0 aliphatic rings. The van der Waals surface area contributed by atoms with Gasteiger partial charge in [0.15, 0.2) is 5.65 Å². The molecule has 0 spiro atoms. The van der Waals surface area contributed by atoms with E-state index in [2.05, 4.69) is 46.3 Å². The minimum Gasteiger partial charge on any atom is -0.338 e. The van der Waals surface area contributed by atoms with Gasteiger partial charge in [0.05, 0.1) is 5.75 Å². The molecule has 0 atom stereocenters. The van der Waals surface area contributed by atoms with E-state index >= 15 is 0 Å². The minimum atomic E-state index is -0.103. The smallest absolute Gasteiger partial charge is 0.234 e. The SMILES string of the molecule is CC(C)(C)c1ccc(NC(=O)CSc2nnc3c(n2)[nH]c2ccccc23)cc1. The topological polar surface area (TPSA) is 83.6 Å². The van der Waals surface area contributed by atoms with Gasteiger partial charge in [-0.3, -0.25) is 4.79 Å². The van der Waals surface area contributed by atoms with Crippen molar-refractivity contribution in [2.24, 2.45) is 0 Å². The molecule has 0 aliphatic carbocycles. The molecule has 2 N–H and O–H groups in total. The average molecular weight is 392 g/mol. The van der Waals surface area contributed by atoms with E-state index in [-0.39, 0.29) is 17.1 Å². The summed E-state index contributed by atoms with van der Waals surface area (Å²) in [5, 5.41) is 12.8. The van der Waals surface area contributed by atoms with Crippen molar-refractivity contribution in [2.45, 2.75) is 31.3 Å². The highest BCUT2D eigenvalue weighted by Crippen LogP contribution is 2.25. The van der Waals surface area contributed by atoms with Crippen LogP contribution in [0.15, 0.2) is 53.7 Å². The molecule has 1 amide bonds. The third-order valence-electron chi connectivity index (χ3n) is 4.47. The Kier molecular flexibility index (Phi) is 4.77. The molecule has 28 heavy (non-hydrogen) atoms. The lowest BCUT2D eigenvalue weighted by molar-refractivity contribution is -0.113. The summed E-state index contributed by atoms with van der Waals surface area (Å²) in [5.74, 6) is 0.114. The van der Waals surface area contributed by atoms with Crippen molar-refractivity contribution in [1.82, 2.24) is 20.2 Å². The molecule has 142 valence electrons. The highest BCUT2D eigenvalue weighted by molar-refractivity contribution is 7.99. The van der Waals surface area contributed by atoms with E-state index in [1.54, 1.807) is 0 Å². The Hall–Kier alpha value is -2.93. The number of carbonyl (C=O) groups is 1. The third kappa shape index (κ3) is 3.84. The van der Waals surface area contributed by atoms with Crippen molar-refractivity contribution < 1.29 is 4.79 Å². The van der Waals surface area contributed by atoms with Gasteiger partial charge in [0.2, 0.25) is 11.1 Å². The number of nitrogens with one attached hydrogen (secondary N) is 2. The second-order valence-corrected chi connectivity index (χ2v) is 8.57. The van der Waals surface area contributed by atoms with Crippen LogP contribution in [0.2, 0.25) is 0 Å². The highest BCUT2D eigenvalue weighted by atomic mass is 32.2. The van der Waals surface area contributed by atoms with Crippen LogP contribution in [-0.4, -0.2) is 31.8 Å². The molecule has 0 saturated heterocycles. The first kappa shape index (κ1) is 18.4. The van der Waals surface area contributed by atoms with Crippen LogP contribution in [0.25, 0.3) is 22.1 Å². The summed E-state index contributed by atoms with van der Waals surface area (Å²) in [6.45, 7) is 6.49. The van der Waals surface area contributed by atoms with Gasteiger partial charge in [0.1, 0.15) is 5.52 Å². The molecule has 6 nitrogen and oxygen atoms in total. The summed E-state index contributed by atoms with van der Waals surface area (Å²) in [4.78, 5) is 20.0. The molecular formula is C21H21N5OS. The molecule has 0 fully saturated rings. The molecule has 2 aromatic heterocycles. The second-order valence-electron chi connectivity index (χ2n) is 7.63. The lowest BCUT2D eigenvalue weighted by Gasteiger charge is -2.19. The predicted molar refractivity (Wildman–Crippen MR) is 114 cm³/mol. The number of para-hydroxylation sites is 1. The van der Waals surface area contributed by atoms with Crippen molar-refractivity contribution in [3.05, 3.63) is 54.1 Å². The molecule has 0 radical (unpaired) electrons. The van der Waals surface area contributed by atoms with E-state index < -0.39 is 0 Å². The number of fused-ring (bicyclic) bond motifs is 3. The number of benzene rings is 2. The summed E-state index contributed by atoms with van der Waals surface area (Å²) in [6, 6.07) is 15.8. The van der Waals surface area contributed by atoms with Gasteiger partial charge in [0.25, 0.3) is 0 Å². The number of H-pyrrole nitrogens is 1. The molecule has 0 bridgehead atoms. The molecule has 0 saturated carbocycles. The number of anilines is 1. The van der Waals surface area contributed by atoms with Gasteiger partial charge in [-0.15, -0.1) is 10.2 Å². The fraction of sp³-hybridized carbons (Fsp3) is 0.238. The number of carbonyl (C=O) groups excluding carboxylic acids is 1. The van der Waals surface area contributed by atoms with Crippen molar-refractivity contribution >= 4 is 45.4 Å². The minimum absolute atomic E-state index is 0.0873. The Balaban J connectivity index is 1.41. The number of aromatic nitrogens is 4. The van der Waals surface area contributed by atoms with Gasteiger partial charge >= 0.3 is 0 Å². The van der Waals surface area contributed by atoms with E-state index in [9.17, 15) is 4.79 Å². The van der Waals surface area contributed by atoms with Crippen molar-refractivity contribution in [3.8, 4) is 0 Å². The first-order chi connectivity index (χ1) is 13.4. The summed E-state index contributed by atoms with van der Waals surface area (Å²) in [7, 11) is 0. The van der Waals surface area contributed by atoms with Crippen LogP contribution in [-0.2, 0) is 10.2 Å². The van der Waals surface area contributed by atoms with Crippen LogP contribution in [0, 0.1) is 0 Å². The van der Waals surface area contributed by atoms with Crippen molar-refractivity contribution in [1.29, 1.82) is 0 Å². The van der Waals surface area contributed by atoms with Crippen LogP contribution in [0.1, 0.15) is 26.3 Å². The molecule has 2 aromatic carbocycles. The molecule has 0 unspecified atom stereocenters. The fourth-order valence-corrected chi connectivity index (χ4v) is 3.53. The first-order valence-electron chi connectivity index (χ1n) is 9.04. The number of thioether (sulfide) groups is 1. The van der Waals surface area contributed by atoms with E-state index in [1.807, 2.05) is 48.5 Å². The van der Waals surface area contributed by atoms with Gasteiger partial charge < -0.3 is 10.3 Å². The Labute approximate surface area is 167 Å². The van der Waals surface area contributed by atoms with E-state index in [0.717, 1.165) is 22.1 Å². The fourth-order valence-electron chi connectivity index (χ4n) is 2.95. The van der Waals surface area contributed by atoms with Gasteiger partial charge in [0, 0.05) is 16.6 Å². The number of hydrogen-bond donors (Lipinski definition) is 2. The zero-order valence-corrected chi connectivity index (χ0v) is 16.8. The highest BCUT2D eigenvalue weighted by Gasteiger charge is 2.14. The van der Waals surface area contributed by atoms with Gasteiger partial charge in [-0.05, 0) is 29.2 Å². The summed E-state index contributed by atoms with van der Waals surface area (Å²) in [6.07, 6.45) is 0. The molecule has 2 heterocycles. The lowest BCUT2D eigenvalue weighted by atomic mass is 9.87. The van der Waals surface area contributed by atoms with Crippen molar-refractivity contribution in [2.75, 3.05) is 11.1 Å². The number of nitrogens with zero attached hydrogens (tertiary/aromatic N) is 3. The van der Waals surface area contributed by atoms with Gasteiger partial charge in [-0.1, -0.05) is 62.9 Å². The largest absolute Gasteiger partial charge is 0.338 e. The standard InChI is InChI=1S/C21H21N5OS/c1-21(2,3)13-8-10-14(11-9-13)22-17(27)12-28-20-24-19-18(25-26-20)15-6-4-5-7-16(15)23-19/h4-11H,12H2,1-3H3,(H,22,27)(H,23,24,26). The van der Waals surface area contributed by atoms with Gasteiger partial charge in [-0.25, -0.2) is 4.98 Å². The molecule has 0 aliphatic heterocycles. The molecule has 7 heteroatoms. The Morgan fingerprint density at radius 1 is 1.07 bits per heavy atom. The maximum atomic E-state index is 12.3. The average Bonchev–Trinajstić information content (AvgIpc) is 3.04. The maximum absolute atomic E-state index is 12.3. The Bertz CT molecular complexity index is 1150.